The summed E-state index contributed by atoms with van der Waals surface area (Å²) in [5.41, 5.74) is 2.05. The van der Waals surface area contributed by atoms with Crippen LogP contribution < -0.4 is 0 Å². The zero-order valence-electron chi connectivity index (χ0n) is 15.6. The van der Waals surface area contributed by atoms with Crippen LogP contribution >= 0.6 is 0 Å². The standard InChI is InChI=1S/C25H16F3N/c1-15-11-12-19-22(13-15)29-24(25(26,27)28)21-14-20(16-7-3-2-4-8-16)17-9-5-6-10-18(17)23(19)21/h2-14H,1H3. The average Bonchev–Trinajstić information content (AvgIpc) is 2.72. The van der Waals surface area contributed by atoms with Crippen molar-refractivity contribution in [2.24, 2.45) is 0 Å². The van der Waals surface area contributed by atoms with Gasteiger partial charge in [-0.15, -0.1) is 0 Å². The van der Waals surface area contributed by atoms with E-state index < -0.39 is 11.9 Å². The van der Waals surface area contributed by atoms with E-state index in [1.807, 2.05) is 73.7 Å². The molecule has 4 heteroatoms. The van der Waals surface area contributed by atoms with Crippen molar-refractivity contribution in [2.75, 3.05) is 0 Å². The number of aryl methyl sites for hydroxylation is 1. The molecule has 0 amide bonds. The van der Waals surface area contributed by atoms with Crippen LogP contribution in [-0.4, -0.2) is 4.98 Å². The molecule has 0 bridgehead atoms. The quantitative estimate of drug-likeness (QED) is 0.271. The molecule has 0 saturated heterocycles. The fourth-order valence-corrected chi connectivity index (χ4v) is 4.05. The fraction of sp³-hybridized carbons (Fsp3) is 0.0800. The van der Waals surface area contributed by atoms with Crippen molar-refractivity contribution in [3.63, 3.8) is 0 Å². The number of rotatable bonds is 1. The Hall–Kier alpha value is -3.40. The smallest absolute Gasteiger partial charge is 0.243 e. The van der Waals surface area contributed by atoms with Gasteiger partial charge in [-0.05, 0) is 46.5 Å². The lowest BCUT2D eigenvalue weighted by atomic mass is 9.90. The van der Waals surface area contributed by atoms with E-state index in [2.05, 4.69) is 4.98 Å². The number of alkyl halides is 3. The number of halogens is 3. The lowest BCUT2D eigenvalue weighted by Crippen LogP contribution is -2.09. The van der Waals surface area contributed by atoms with E-state index >= 15 is 0 Å². The first kappa shape index (κ1) is 17.7. The van der Waals surface area contributed by atoms with Crippen molar-refractivity contribution in [3.05, 3.63) is 90.1 Å². The van der Waals surface area contributed by atoms with Crippen LogP contribution in [0.5, 0.6) is 0 Å². The first-order chi connectivity index (χ1) is 13.9. The zero-order valence-corrected chi connectivity index (χ0v) is 15.6. The number of fused-ring (bicyclic) bond motifs is 5. The first-order valence-corrected chi connectivity index (χ1v) is 9.32. The Balaban J connectivity index is 2.06. The van der Waals surface area contributed by atoms with Crippen molar-refractivity contribution < 1.29 is 13.2 Å². The van der Waals surface area contributed by atoms with E-state index in [-0.39, 0.29) is 5.39 Å². The molecular weight excluding hydrogens is 371 g/mol. The Morgan fingerprint density at radius 3 is 2.10 bits per heavy atom. The molecule has 0 aliphatic carbocycles. The average molecular weight is 387 g/mol. The summed E-state index contributed by atoms with van der Waals surface area (Å²) >= 11 is 0. The molecule has 4 aromatic carbocycles. The minimum atomic E-state index is -4.55. The number of aromatic nitrogens is 1. The number of hydrogen-bond donors (Lipinski definition) is 0. The summed E-state index contributed by atoms with van der Waals surface area (Å²) in [4.78, 5) is 4.05. The Morgan fingerprint density at radius 2 is 1.38 bits per heavy atom. The molecule has 1 nitrogen and oxygen atoms in total. The topological polar surface area (TPSA) is 12.9 Å². The van der Waals surface area contributed by atoms with Crippen LogP contribution in [0, 0.1) is 6.92 Å². The predicted octanol–water partition coefficient (Wildman–Crippen LogP) is 7.54. The van der Waals surface area contributed by atoms with Crippen molar-refractivity contribution >= 4 is 32.4 Å². The number of pyridine rings is 1. The van der Waals surface area contributed by atoms with Gasteiger partial charge in [0.1, 0.15) is 0 Å². The van der Waals surface area contributed by atoms with Gasteiger partial charge in [-0.3, -0.25) is 0 Å². The van der Waals surface area contributed by atoms with Gasteiger partial charge in [-0.2, -0.15) is 13.2 Å². The molecule has 0 N–H and O–H groups in total. The van der Waals surface area contributed by atoms with Crippen molar-refractivity contribution in [1.82, 2.24) is 4.98 Å². The van der Waals surface area contributed by atoms with E-state index in [0.29, 0.717) is 10.9 Å². The predicted molar refractivity (Wildman–Crippen MR) is 112 cm³/mol. The van der Waals surface area contributed by atoms with Gasteiger partial charge in [0, 0.05) is 16.2 Å². The maximum absolute atomic E-state index is 14.0. The summed E-state index contributed by atoms with van der Waals surface area (Å²) in [6.45, 7) is 1.86. The summed E-state index contributed by atoms with van der Waals surface area (Å²) in [6, 6.07) is 24.3. The fourth-order valence-electron chi connectivity index (χ4n) is 4.05. The third-order valence-corrected chi connectivity index (χ3v) is 5.31. The van der Waals surface area contributed by atoms with Crippen LogP contribution in [0.3, 0.4) is 0 Å². The minimum Gasteiger partial charge on any atom is -0.243 e. The third kappa shape index (κ3) is 2.83. The Kier molecular flexibility index (Phi) is 3.85. The van der Waals surface area contributed by atoms with Crippen LogP contribution in [0.1, 0.15) is 11.3 Å². The number of hydrogen-bond acceptors (Lipinski definition) is 1. The van der Waals surface area contributed by atoms with Crippen molar-refractivity contribution in [3.8, 4) is 11.1 Å². The highest BCUT2D eigenvalue weighted by Gasteiger charge is 2.35. The van der Waals surface area contributed by atoms with E-state index in [0.717, 1.165) is 32.8 Å². The number of benzene rings is 4. The second-order valence-electron chi connectivity index (χ2n) is 7.24. The molecule has 0 aliphatic rings. The van der Waals surface area contributed by atoms with Crippen LogP contribution in [0.25, 0.3) is 43.6 Å². The van der Waals surface area contributed by atoms with Gasteiger partial charge in [0.15, 0.2) is 5.69 Å². The third-order valence-electron chi connectivity index (χ3n) is 5.31. The molecule has 0 aliphatic heterocycles. The van der Waals surface area contributed by atoms with E-state index in [1.165, 1.54) is 0 Å². The van der Waals surface area contributed by atoms with Gasteiger partial charge in [0.25, 0.3) is 0 Å². The molecule has 0 radical (unpaired) electrons. The van der Waals surface area contributed by atoms with Gasteiger partial charge in [0.05, 0.1) is 5.52 Å². The zero-order chi connectivity index (χ0) is 20.2. The monoisotopic (exact) mass is 387 g/mol. The minimum absolute atomic E-state index is 0.131. The molecule has 0 spiro atoms. The summed E-state index contributed by atoms with van der Waals surface area (Å²) in [7, 11) is 0. The van der Waals surface area contributed by atoms with E-state index in [9.17, 15) is 13.2 Å². The molecule has 5 aromatic rings. The van der Waals surface area contributed by atoms with Gasteiger partial charge in [-0.25, -0.2) is 4.98 Å². The van der Waals surface area contributed by atoms with Crippen LogP contribution in [0.2, 0.25) is 0 Å². The summed E-state index contributed by atoms with van der Waals surface area (Å²) in [6.07, 6.45) is -4.55. The van der Waals surface area contributed by atoms with Crippen LogP contribution in [0.4, 0.5) is 13.2 Å². The van der Waals surface area contributed by atoms with Gasteiger partial charge in [-0.1, -0.05) is 66.7 Å². The lowest BCUT2D eigenvalue weighted by Gasteiger charge is -2.17. The molecule has 29 heavy (non-hydrogen) atoms. The van der Waals surface area contributed by atoms with Gasteiger partial charge in [0.2, 0.25) is 0 Å². The molecular formula is C25H16F3N. The van der Waals surface area contributed by atoms with Crippen LogP contribution in [0.15, 0.2) is 78.9 Å². The normalized spacial score (nSPS) is 12.1. The molecule has 1 heterocycles. The maximum atomic E-state index is 14.0. The molecule has 142 valence electrons. The molecule has 1 aromatic heterocycles. The largest absolute Gasteiger partial charge is 0.433 e. The molecule has 0 atom stereocenters. The second-order valence-corrected chi connectivity index (χ2v) is 7.24. The highest BCUT2D eigenvalue weighted by atomic mass is 19.4. The Morgan fingerprint density at radius 1 is 0.690 bits per heavy atom. The van der Waals surface area contributed by atoms with Gasteiger partial charge < -0.3 is 0 Å². The summed E-state index contributed by atoms with van der Waals surface area (Å²) < 4.78 is 42.1. The molecule has 0 saturated carbocycles. The van der Waals surface area contributed by atoms with E-state index in [4.69, 9.17) is 0 Å². The SMILES string of the molecule is Cc1ccc2c(c1)nc(C(F)(F)F)c1cc(-c3ccccc3)c3ccccc3c12. The van der Waals surface area contributed by atoms with E-state index in [1.54, 1.807) is 12.1 Å². The highest BCUT2D eigenvalue weighted by molar-refractivity contribution is 6.23. The first-order valence-electron chi connectivity index (χ1n) is 9.32. The Labute approximate surface area is 165 Å². The molecule has 0 unspecified atom stereocenters. The molecule has 5 rings (SSSR count). The highest BCUT2D eigenvalue weighted by Crippen LogP contribution is 2.43. The Bertz CT molecular complexity index is 1390. The van der Waals surface area contributed by atoms with Crippen molar-refractivity contribution in [2.45, 2.75) is 13.1 Å². The van der Waals surface area contributed by atoms with Crippen LogP contribution in [-0.2, 0) is 6.18 Å². The lowest BCUT2D eigenvalue weighted by molar-refractivity contribution is -0.139. The maximum Gasteiger partial charge on any atom is 0.433 e. The summed E-state index contributed by atoms with van der Waals surface area (Å²) in [5, 5.41) is 3.18. The van der Waals surface area contributed by atoms with Gasteiger partial charge >= 0.3 is 6.18 Å². The molecule has 0 fully saturated rings. The second kappa shape index (κ2) is 6.31. The number of nitrogens with zero attached hydrogens (tertiary/aromatic N) is 1. The van der Waals surface area contributed by atoms with Crippen molar-refractivity contribution in [1.29, 1.82) is 0 Å². The summed E-state index contributed by atoms with van der Waals surface area (Å²) in [5.74, 6) is 0.